The van der Waals surface area contributed by atoms with Gasteiger partial charge in [-0.25, -0.2) is 14.5 Å². The Hall–Kier alpha value is -3.70. The average molecular weight is 565 g/mol. The molecule has 0 aliphatic carbocycles. The van der Waals surface area contributed by atoms with Gasteiger partial charge >= 0.3 is 0 Å². The number of hydrogen-bond donors (Lipinski definition) is 2. The van der Waals surface area contributed by atoms with E-state index in [4.69, 9.17) is 23.2 Å². The molecule has 0 spiro atoms. The van der Waals surface area contributed by atoms with E-state index < -0.39 is 0 Å². The van der Waals surface area contributed by atoms with Gasteiger partial charge in [-0.1, -0.05) is 29.3 Å². The molecule has 2 aromatic carbocycles. The van der Waals surface area contributed by atoms with Crippen LogP contribution < -0.4 is 15.8 Å². The Morgan fingerprint density at radius 3 is 2.67 bits per heavy atom. The molecule has 0 atom stereocenters. The monoisotopic (exact) mass is 564 g/mol. The van der Waals surface area contributed by atoms with Gasteiger partial charge in [-0.3, -0.25) is 9.20 Å². The first-order valence-corrected chi connectivity index (χ1v) is 13.3. The van der Waals surface area contributed by atoms with Crippen molar-refractivity contribution in [2.45, 2.75) is 13.0 Å². The Balaban J connectivity index is 1.38. The number of nitrogens with one attached hydrogen (secondary N) is 1. The Labute approximate surface area is 234 Å². The maximum atomic E-state index is 13.6. The van der Waals surface area contributed by atoms with Gasteiger partial charge in [-0.15, -0.1) is 0 Å². The molecule has 0 unspecified atom stereocenters. The van der Waals surface area contributed by atoms with Crippen molar-refractivity contribution >= 4 is 57.3 Å². The van der Waals surface area contributed by atoms with Gasteiger partial charge in [-0.05, 0) is 50.3 Å². The number of likely N-dealkylation sites (N-methyl/N-ethyl adjacent to an activating group) is 1. The van der Waals surface area contributed by atoms with Crippen LogP contribution in [0.5, 0.6) is 0 Å². The largest absolute Gasteiger partial charge is 0.392 e. The lowest BCUT2D eigenvalue weighted by Gasteiger charge is -2.25. The zero-order valence-corrected chi connectivity index (χ0v) is 22.7. The van der Waals surface area contributed by atoms with Crippen LogP contribution in [0.4, 0.5) is 17.3 Å². The van der Waals surface area contributed by atoms with Crippen LogP contribution in [0.15, 0.2) is 59.8 Å². The molecule has 39 heavy (non-hydrogen) atoms. The standard InChI is InChI=1S/C27H26Cl2N8O2/c1-34-9-3-10-35(13-12-34)22-7-6-18(14-17(22)16-38)32-26-31-15-19-24(33-26)36-11-8-30-27(36)37(25(19)39)23-20(28)4-2-5-21(23)29/h2,4-8,11,14-15,38H,3,9-10,12-13,16H2,1H3,(H,31,32,33). The first-order chi connectivity index (χ1) is 18.9. The van der Waals surface area contributed by atoms with Crippen LogP contribution in [0, 0.1) is 0 Å². The SMILES string of the molecule is CN1CCCN(c2ccc(Nc3ncc4c(=O)n(-c5c(Cl)cccc5Cl)c5nccn5c4n3)cc2CO)CC1. The van der Waals surface area contributed by atoms with Crippen molar-refractivity contribution in [3.05, 3.63) is 81.0 Å². The van der Waals surface area contributed by atoms with Crippen LogP contribution in [-0.4, -0.2) is 67.2 Å². The highest BCUT2D eigenvalue weighted by Crippen LogP contribution is 2.30. The maximum Gasteiger partial charge on any atom is 0.270 e. The third-order valence-corrected chi connectivity index (χ3v) is 7.59. The number of aliphatic hydroxyl groups is 1. The topological polar surface area (TPSA) is 104 Å². The smallest absolute Gasteiger partial charge is 0.270 e. The number of hydrogen-bond acceptors (Lipinski definition) is 8. The molecule has 200 valence electrons. The molecule has 0 radical (unpaired) electrons. The second-order valence-electron chi connectivity index (χ2n) is 9.51. The molecule has 12 heteroatoms. The van der Waals surface area contributed by atoms with Crippen molar-refractivity contribution in [1.29, 1.82) is 0 Å². The van der Waals surface area contributed by atoms with Gasteiger partial charge in [0.15, 0.2) is 5.65 Å². The molecule has 6 rings (SSSR count). The summed E-state index contributed by atoms with van der Waals surface area (Å²) in [5, 5.41) is 14.3. The number of imidazole rings is 1. The van der Waals surface area contributed by atoms with E-state index >= 15 is 0 Å². The lowest BCUT2D eigenvalue weighted by molar-refractivity contribution is 0.282. The van der Waals surface area contributed by atoms with Crippen molar-refractivity contribution in [3.63, 3.8) is 0 Å². The van der Waals surface area contributed by atoms with Gasteiger partial charge < -0.3 is 20.2 Å². The van der Waals surface area contributed by atoms with E-state index in [1.807, 2.05) is 18.2 Å². The maximum absolute atomic E-state index is 13.6. The fourth-order valence-electron chi connectivity index (χ4n) is 5.02. The highest BCUT2D eigenvalue weighted by Gasteiger charge is 2.20. The molecule has 3 aromatic heterocycles. The Morgan fingerprint density at radius 1 is 1.05 bits per heavy atom. The van der Waals surface area contributed by atoms with E-state index in [0.717, 1.165) is 49.5 Å². The molecule has 0 amide bonds. The first kappa shape index (κ1) is 25.6. The number of nitrogens with zero attached hydrogens (tertiary/aromatic N) is 7. The molecule has 1 aliphatic heterocycles. The van der Waals surface area contributed by atoms with Gasteiger partial charge in [0.25, 0.3) is 5.56 Å². The van der Waals surface area contributed by atoms with Crippen LogP contribution >= 0.6 is 23.2 Å². The molecule has 0 bridgehead atoms. The Bertz CT molecular complexity index is 1730. The number of rotatable bonds is 5. The third-order valence-electron chi connectivity index (χ3n) is 6.98. The van der Waals surface area contributed by atoms with Crippen LogP contribution in [-0.2, 0) is 6.61 Å². The molecular formula is C27H26Cl2N8O2. The molecular weight excluding hydrogens is 539 g/mol. The van der Waals surface area contributed by atoms with Crippen molar-refractivity contribution in [2.75, 3.05) is 43.4 Å². The number of aliphatic hydroxyl groups excluding tert-OH is 1. The summed E-state index contributed by atoms with van der Waals surface area (Å²) in [7, 11) is 2.13. The van der Waals surface area contributed by atoms with Gasteiger partial charge in [0.1, 0.15) is 5.39 Å². The quantitative estimate of drug-likeness (QED) is 0.328. The number of aromatic nitrogens is 5. The van der Waals surface area contributed by atoms with Crippen LogP contribution in [0.2, 0.25) is 10.0 Å². The Morgan fingerprint density at radius 2 is 1.87 bits per heavy atom. The van der Waals surface area contributed by atoms with Gasteiger partial charge in [-0.2, -0.15) is 4.98 Å². The summed E-state index contributed by atoms with van der Waals surface area (Å²) in [6, 6.07) is 10.9. The van der Waals surface area contributed by atoms with E-state index in [1.165, 1.54) is 10.8 Å². The van der Waals surface area contributed by atoms with E-state index in [1.54, 1.807) is 35.0 Å². The summed E-state index contributed by atoms with van der Waals surface area (Å²) in [5.74, 6) is 0.626. The van der Waals surface area contributed by atoms with Gasteiger partial charge in [0.05, 0.1) is 22.3 Å². The molecule has 0 saturated carbocycles. The van der Waals surface area contributed by atoms with E-state index in [2.05, 4.69) is 37.1 Å². The minimum absolute atomic E-state index is 0.0877. The highest BCUT2D eigenvalue weighted by molar-refractivity contribution is 6.37. The average Bonchev–Trinajstić information content (AvgIpc) is 3.32. The lowest BCUT2D eigenvalue weighted by Crippen LogP contribution is -2.29. The molecule has 1 saturated heterocycles. The van der Waals surface area contributed by atoms with Crippen LogP contribution in [0.1, 0.15) is 12.0 Å². The molecule has 1 aliphatic rings. The lowest BCUT2D eigenvalue weighted by atomic mass is 10.1. The van der Waals surface area contributed by atoms with E-state index in [9.17, 15) is 9.90 Å². The van der Waals surface area contributed by atoms with Crippen molar-refractivity contribution < 1.29 is 5.11 Å². The predicted octanol–water partition coefficient (Wildman–Crippen LogP) is 4.11. The normalized spacial score (nSPS) is 14.7. The first-order valence-electron chi connectivity index (χ1n) is 12.6. The number of halogens is 2. The highest BCUT2D eigenvalue weighted by atomic mass is 35.5. The second-order valence-corrected chi connectivity index (χ2v) is 10.3. The number of benzene rings is 2. The summed E-state index contributed by atoms with van der Waals surface area (Å²) in [4.78, 5) is 31.7. The number of anilines is 3. The minimum atomic E-state index is -0.389. The summed E-state index contributed by atoms with van der Waals surface area (Å²) >= 11 is 12.8. The second kappa shape index (κ2) is 10.5. The summed E-state index contributed by atoms with van der Waals surface area (Å²) < 4.78 is 3.07. The fraction of sp³-hybridized carbons (Fsp3) is 0.259. The summed E-state index contributed by atoms with van der Waals surface area (Å²) in [6.07, 6.45) is 5.84. The molecule has 1 fully saturated rings. The van der Waals surface area contributed by atoms with Crippen molar-refractivity contribution in [3.8, 4) is 5.69 Å². The molecule has 2 N–H and O–H groups in total. The van der Waals surface area contributed by atoms with Gasteiger partial charge in [0.2, 0.25) is 11.7 Å². The number of para-hydroxylation sites is 1. The fourth-order valence-corrected chi connectivity index (χ4v) is 5.59. The van der Waals surface area contributed by atoms with E-state index in [-0.39, 0.29) is 17.6 Å². The molecule has 4 heterocycles. The van der Waals surface area contributed by atoms with Crippen LogP contribution in [0.3, 0.4) is 0 Å². The molecule has 5 aromatic rings. The zero-order chi connectivity index (χ0) is 27.1. The zero-order valence-electron chi connectivity index (χ0n) is 21.2. The predicted molar refractivity (Wildman–Crippen MR) is 154 cm³/mol. The van der Waals surface area contributed by atoms with E-state index in [0.29, 0.717) is 33.1 Å². The molecule has 10 nitrogen and oxygen atoms in total. The third kappa shape index (κ3) is 4.70. The minimum Gasteiger partial charge on any atom is -0.392 e. The summed E-state index contributed by atoms with van der Waals surface area (Å²) in [6.45, 7) is 3.79. The van der Waals surface area contributed by atoms with Crippen molar-refractivity contribution in [1.82, 2.24) is 28.8 Å². The van der Waals surface area contributed by atoms with Crippen molar-refractivity contribution in [2.24, 2.45) is 0 Å². The van der Waals surface area contributed by atoms with Crippen LogP contribution in [0.25, 0.3) is 22.5 Å². The van der Waals surface area contributed by atoms with Gasteiger partial charge in [0, 0.05) is 55.2 Å². The Kier molecular flexibility index (Phi) is 6.86. The number of fused-ring (bicyclic) bond motifs is 3. The summed E-state index contributed by atoms with van der Waals surface area (Å²) in [5.41, 5.74) is 2.92.